The summed E-state index contributed by atoms with van der Waals surface area (Å²) >= 11 is 4.42. The Hall–Kier alpha value is -1.68. The third-order valence-electron chi connectivity index (χ3n) is 6.81. The number of hydrogen-bond donors (Lipinski definition) is 0. The van der Waals surface area contributed by atoms with Gasteiger partial charge >= 0.3 is 6.09 Å². The van der Waals surface area contributed by atoms with E-state index in [-0.39, 0.29) is 34.2 Å². The van der Waals surface area contributed by atoms with E-state index in [9.17, 15) is 4.79 Å². The molecule has 3 atom stereocenters. The van der Waals surface area contributed by atoms with Crippen LogP contribution in [0.25, 0.3) is 10.9 Å². The highest BCUT2D eigenvalue weighted by molar-refractivity contribution is 9.10. The van der Waals surface area contributed by atoms with Gasteiger partial charge in [-0.05, 0) is 75.1 Å². The van der Waals surface area contributed by atoms with E-state index in [1.165, 1.54) is 11.8 Å². The molecule has 0 unspecified atom stereocenters. The Morgan fingerprint density at radius 1 is 1.15 bits per heavy atom. The van der Waals surface area contributed by atoms with E-state index in [4.69, 9.17) is 9.72 Å². The first kappa shape index (κ1) is 23.1. The number of halogens is 3. The fraction of sp³-hybridized carbons (Fsp3) is 0.609. The first-order valence-corrected chi connectivity index (χ1v) is 13.3. The van der Waals surface area contributed by atoms with E-state index in [0.29, 0.717) is 34.9 Å². The molecule has 178 valence electrons. The molecule has 1 aromatic carbocycles. The highest BCUT2D eigenvalue weighted by atomic mass is 79.9. The molecule has 33 heavy (non-hydrogen) atoms. The van der Waals surface area contributed by atoms with Crippen molar-refractivity contribution in [1.29, 1.82) is 0 Å². The molecule has 0 aliphatic carbocycles. The number of rotatable bonds is 1. The van der Waals surface area contributed by atoms with Gasteiger partial charge in [0.05, 0.1) is 28.0 Å². The molecular weight excluding hydrogens is 514 g/mol. The summed E-state index contributed by atoms with van der Waals surface area (Å²) in [7, 11) is 0. The van der Waals surface area contributed by atoms with Gasteiger partial charge in [0.15, 0.2) is 11.0 Å². The molecule has 2 saturated heterocycles. The van der Waals surface area contributed by atoms with Gasteiger partial charge in [-0.2, -0.15) is 0 Å². The molecular formula is C23H27BrF2N4O2S. The van der Waals surface area contributed by atoms with Gasteiger partial charge in [0.1, 0.15) is 22.8 Å². The number of carbonyl (C=O) groups is 1. The van der Waals surface area contributed by atoms with Crippen molar-refractivity contribution >= 4 is 50.5 Å². The second-order valence-electron chi connectivity index (χ2n) is 9.98. The number of anilines is 1. The highest BCUT2D eigenvalue weighted by Crippen LogP contribution is 2.45. The Labute approximate surface area is 204 Å². The lowest BCUT2D eigenvalue weighted by Gasteiger charge is -2.48. The van der Waals surface area contributed by atoms with Crippen molar-refractivity contribution in [3.63, 3.8) is 0 Å². The van der Waals surface area contributed by atoms with Crippen LogP contribution in [0.1, 0.15) is 52.0 Å². The van der Waals surface area contributed by atoms with Crippen molar-refractivity contribution in [1.82, 2.24) is 14.9 Å². The molecule has 0 saturated carbocycles. The molecule has 1 aromatic heterocycles. The summed E-state index contributed by atoms with van der Waals surface area (Å²) in [5.41, 5.74) is 0.0404. The van der Waals surface area contributed by atoms with Crippen LogP contribution in [0.3, 0.4) is 0 Å². The van der Waals surface area contributed by atoms with Gasteiger partial charge in [0.2, 0.25) is 0 Å². The minimum atomic E-state index is -0.697. The molecule has 3 aliphatic rings. The normalized spacial score (nSPS) is 24.5. The average Bonchev–Trinajstić information content (AvgIpc) is 3.08. The van der Waals surface area contributed by atoms with Crippen LogP contribution in [-0.2, 0) is 11.2 Å². The Bertz CT molecular complexity index is 1140. The quantitative estimate of drug-likeness (QED) is 0.263. The summed E-state index contributed by atoms with van der Waals surface area (Å²) in [5.74, 6) is -0.691. The third-order valence-corrected chi connectivity index (χ3v) is 8.06. The van der Waals surface area contributed by atoms with Crippen LogP contribution < -0.4 is 4.90 Å². The van der Waals surface area contributed by atoms with Crippen LogP contribution in [0.2, 0.25) is 0 Å². The molecule has 4 heterocycles. The monoisotopic (exact) mass is 540 g/mol. The first-order valence-electron chi connectivity index (χ1n) is 11.3. The standard InChI is InChI=1S/C23H27BrF2N4O2S/c1-23(2,3)32-22(31)30-11-8-9-14(30)13-7-5-6-12-15-19(18(26)16(24)17(12)25)27-21(33-4)28-20(15)29(13)10-11/h11,13-14H,5-10H2,1-4H3/t11-,13-,14+/m1/s1. The molecule has 5 rings (SSSR count). The zero-order valence-corrected chi connectivity index (χ0v) is 21.5. The topological polar surface area (TPSA) is 58.6 Å². The van der Waals surface area contributed by atoms with Crippen molar-refractivity contribution < 1.29 is 18.3 Å². The number of piperazine rings is 1. The zero-order valence-electron chi connectivity index (χ0n) is 19.1. The number of nitrogens with zero attached hydrogens (tertiary/aromatic N) is 4. The van der Waals surface area contributed by atoms with E-state index >= 15 is 8.78 Å². The lowest BCUT2D eigenvalue weighted by atomic mass is 9.91. The van der Waals surface area contributed by atoms with Crippen molar-refractivity contribution in [3.05, 3.63) is 21.7 Å². The summed E-state index contributed by atoms with van der Waals surface area (Å²) < 4.78 is 35.9. The molecule has 2 aromatic rings. The van der Waals surface area contributed by atoms with Crippen molar-refractivity contribution in [2.75, 3.05) is 17.7 Å². The number of benzene rings is 1. The Balaban J connectivity index is 1.65. The van der Waals surface area contributed by atoms with E-state index in [2.05, 4.69) is 25.8 Å². The molecule has 1 amide bonds. The third kappa shape index (κ3) is 3.77. The number of ether oxygens (including phenoxy) is 1. The molecule has 10 heteroatoms. The molecule has 2 bridgehead atoms. The average molecular weight is 541 g/mol. The molecule has 0 spiro atoms. The SMILES string of the molecule is CSc1nc2c3c(c(F)c(Br)c(F)c3n1)CCC[C@@H]1[C@@H]3CC[C@H](CN21)N3C(=O)OC(C)(C)C. The maximum Gasteiger partial charge on any atom is 0.410 e. The van der Waals surface area contributed by atoms with Crippen LogP contribution in [-0.4, -0.2) is 57.5 Å². The molecule has 0 radical (unpaired) electrons. The second-order valence-corrected chi connectivity index (χ2v) is 11.5. The number of carbonyl (C=O) groups excluding carboxylic acids is 1. The lowest BCUT2D eigenvalue weighted by molar-refractivity contribution is 0.00701. The Morgan fingerprint density at radius 2 is 1.91 bits per heavy atom. The number of amides is 1. The number of aryl methyl sites for hydroxylation is 1. The van der Waals surface area contributed by atoms with E-state index < -0.39 is 17.2 Å². The van der Waals surface area contributed by atoms with Gasteiger partial charge in [-0.1, -0.05) is 11.8 Å². The summed E-state index contributed by atoms with van der Waals surface area (Å²) in [6.07, 6.45) is 5.28. The Kier molecular flexibility index (Phi) is 5.75. The van der Waals surface area contributed by atoms with Gasteiger partial charge in [0.25, 0.3) is 0 Å². The molecule has 0 N–H and O–H groups in total. The number of thioether (sulfide) groups is 1. The molecule has 2 fully saturated rings. The fourth-order valence-electron chi connectivity index (χ4n) is 5.56. The maximum absolute atomic E-state index is 15.2. The van der Waals surface area contributed by atoms with E-state index in [1.54, 1.807) is 0 Å². The zero-order chi connectivity index (χ0) is 23.7. The molecule has 3 aliphatic heterocycles. The second kappa shape index (κ2) is 8.22. The van der Waals surface area contributed by atoms with Crippen LogP contribution in [0, 0.1) is 11.6 Å². The summed E-state index contributed by atoms with van der Waals surface area (Å²) in [6.45, 7) is 6.18. The van der Waals surface area contributed by atoms with Crippen LogP contribution in [0.5, 0.6) is 0 Å². The minimum Gasteiger partial charge on any atom is -0.444 e. The van der Waals surface area contributed by atoms with Gasteiger partial charge in [-0.15, -0.1) is 0 Å². The number of fused-ring (bicyclic) bond motifs is 5. The predicted octanol–water partition coefficient (Wildman–Crippen LogP) is 5.69. The van der Waals surface area contributed by atoms with Crippen molar-refractivity contribution in [3.8, 4) is 0 Å². The minimum absolute atomic E-state index is 0.00648. The lowest BCUT2D eigenvalue weighted by Crippen LogP contribution is -2.62. The predicted molar refractivity (Wildman–Crippen MR) is 128 cm³/mol. The Morgan fingerprint density at radius 3 is 2.61 bits per heavy atom. The first-order chi connectivity index (χ1) is 15.6. The van der Waals surface area contributed by atoms with Crippen LogP contribution in [0.15, 0.2) is 9.63 Å². The summed E-state index contributed by atoms with van der Waals surface area (Å²) in [5, 5.41) is 0.905. The summed E-state index contributed by atoms with van der Waals surface area (Å²) in [4.78, 5) is 26.3. The van der Waals surface area contributed by atoms with Gasteiger partial charge in [0, 0.05) is 12.1 Å². The van der Waals surface area contributed by atoms with Crippen molar-refractivity contribution in [2.45, 2.75) is 81.8 Å². The number of aromatic nitrogens is 2. The van der Waals surface area contributed by atoms with Crippen molar-refractivity contribution in [2.24, 2.45) is 0 Å². The van der Waals surface area contributed by atoms with E-state index in [1.807, 2.05) is 31.9 Å². The van der Waals surface area contributed by atoms with Crippen LogP contribution >= 0.6 is 27.7 Å². The van der Waals surface area contributed by atoms with Gasteiger partial charge in [-0.3, -0.25) is 4.90 Å². The molecule has 6 nitrogen and oxygen atoms in total. The van der Waals surface area contributed by atoms with Gasteiger partial charge < -0.3 is 9.64 Å². The smallest absolute Gasteiger partial charge is 0.410 e. The van der Waals surface area contributed by atoms with Crippen LogP contribution in [0.4, 0.5) is 19.4 Å². The fourth-order valence-corrected chi connectivity index (χ4v) is 6.35. The van der Waals surface area contributed by atoms with E-state index in [0.717, 1.165) is 25.7 Å². The summed E-state index contributed by atoms with van der Waals surface area (Å²) in [6, 6.07) is -0.0445. The van der Waals surface area contributed by atoms with Gasteiger partial charge in [-0.25, -0.2) is 23.5 Å². The largest absolute Gasteiger partial charge is 0.444 e. The number of hydrogen-bond acceptors (Lipinski definition) is 6. The maximum atomic E-state index is 15.2. The highest BCUT2D eigenvalue weighted by Gasteiger charge is 2.50.